The molecule has 0 amide bonds. The topological polar surface area (TPSA) is 65.7 Å². The molecule has 0 fully saturated rings. The molecule has 0 aliphatic rings. The van der Waals surface area contributed by atoms with Gasteiger partial charge in [0, 0.05) is 23.3 Å². The summed E-state index contributed by atoms with van der Waals surface area (Å²) in [5.74, 6) is 1.38. The maximum atomic E-state index is 11.3. The summed E-state index contributed by atoms with van der Waals surface area (Å²) in [4.78, 5) is 22.7. The number of hydrogen-bond donors (Lipinski definition) is 0. The average molecular weight is 450 g/mol. The van der Waals surface area contributed by atoms with Gasteiger partial charge in [0.15, 0.2) is 0 Å². The van der Waals surface area contributed by atoms with Crippen molar-refractivity contribution >= 4 is 11.9 Å². The van der Waals surface area contributed by atoms with Gasteiger partial charge in [0.2, 0.25) is 0 Å². The molecular weight excluding hydrogens is 428 g/mol. The van der Waals surface area contributed by atoms with Crippen LogP contribution in [0.15, 0.2) is 109 Å². The molecule has 0 N–H and O–H groups in total. The van der Waals surface area contributed by atoms with Crippen molar-refractivity contribution in [2.75, 3.05) is 0 Å². The normalized spacial score (nSPS) is 10.4. The molecule has 0 aliphatic heterocycles. The highest BCUT2D eigenvalue weighted by molar-refractivity contribution is 5.84. The van der Waals surface area contributed by atoms with E-state index in [0.717, 1.165) is 45.7 Å². The lowest BCUT2D eigenvalue weighted by Crippen LogP contribution is -2.02. The van der Waals surface area contributed by atoms with Crippen LogP contribution in [0.25, 0.3) is 33.8 Å². The van der Waals surface area contributed by atoms with Crippen molar-refractivity contribution in [1.29, 1.82) is 0 Å². The molecule has 0 spiro atoms. The van der Waals surface area contributed by atoms with E-state index in [1.807, 2.05) is 55.5 Å². The van der Waals surface area contributed by atoms with Crippen LogP contribution in [0.4, 0.5) is 0 Å². The van der Waals surface area contributed by atoms with E-state index in [1.165, 1.54) is 0 Å². The smallest absolute Gasteiger partial charge is 0.335 e. The standard InChI is InChI=1S/C29H22O5/c1-4-28(30)32-23-11-6-20(7-12-23)25-15-10-22(18-19(25)3)27-17-16-26(34-27)21-8-13-24(14-9-21)33-29(31)5-2/h4-18H,1-2H2,3H3. The molecule has 0 saturated heterocycles. The highest BCUT2D eigenvalue weighted by Crippen LogP contribution is 2.33. The predicted octanol–water partition coefficient (Wildman–Crippen LogP) is 6.77. The van der Waals surface area contributed by atoms with Crippen molar-refractivity contribution in [2.45, 2.75) is 6.92 Å². The van der Waals surface area contributed by atoms with Crippen LogP contribution >= 0.6 is 0 Å². The largest absolute Gasteiger partial charge is 0.456 e. The van der Waals surface area contributed by atoms with Crippen molar-refractivity contribution in [1.82, 2.24) is 0 Å². The number of furan rings is 1. The van der Waals surface area contributed by atoms with Crippen molar-refractivity contribution < 1.29 is 23.5 Å². The second kappa shape index (κ2) is 9.88. The van der Waals surface area contributed by atoms with Gasteiger partial charge in [0.05, 0.1) is 0 Å². The maximum absolute atomic E-state index is 11.3. The fraction of sp³-hybridized carbons (Fsp3) is 0.0345. The summed E-state index contributed by atoms with van der Waals surface area (Å²) in [5, 5.41) is 0. The summed E-state index contributed by atoms with van der Waals surface area (Å²) in [7, 11) is 0. The molecule has 168 valence electrons. The van der Waals surface area contributed by atoms with Crippen LogP contribution in [0.2, 0.25) is 0 Å². The van der Waals surface area contributed by atoms with Gasteiger partial charge < -0.3 is 13.9 Å². The number of rotatable bonds is 7. The number of carbonyl (C=O) groups excluding carboxylic acids is 2. The van der Waals surface area contributed by atoms with E-state index in [2.05, 4.69) is 19.2 Å². The SMILES string of the molecule is C=CC(=O)Oc1ccc(-c2ccc(-c3ccc(-c4ccc(OC(=O)C=C)cc4)c(C)c3)o2)cc1. The molecule has 0 radical (unpaired) electrons. The highest BCUT2D eigenvalue weighted by Gasteiger charge is 2.11. The summed E-state index contributed by atoms with van der Waals surface area (Å²) in [5.41, 5.74) is 5.00. The first-order valence-electron chi connectivity index (χ1n) is 10.6. The van der Waals surface area contributed by atoms with Gasteiger partial charge in [-0.05, 0) is 78.2 Å². The van der Waals surface area contributed by atoms with Crippen molar-refractivity contribution in [3.63, 3.8) is 0 Å². The quantitative estimate of drug-likeness (QED) is 0.177. The molecular formula is C29H22O5. The molecule has 1 aromatic heterocycles. The minimum atomic E-state index is -0.501. The van der Waals surface area contributed by atoms with E-state index in [4.69, 9.17) is 13.9 Å². The minimum absolute atomic E-state index is 0.443. The van der Waals surface area contributed by atoms with Crippen molar-refractivity contribution in [3.8, 4) is 45.3 Å². The van der Waals surface area contributed by atoms with Crippen LogP contribution in [0, 0.1) is 6.92 Å². The van der Waals surface area contributed by atoms with Crippen molar-refractivity contribution in [3.05, 3.63) is 110 Å². The van der Waals surface area contributed by atoms with Gasteiger partial charge in [-0.2, -0.15) is 0 Å². The van der Waals surface area contributed by atoms with Gasteiger partial charge in [0.25, 0.3) is 0 Å². The molecule has 0 unspecified atom stereocenters. The maximum Gasteiger partial charge on any atom is 0.335 e. The Labute approximate surface area is 197 Å². The molecule has 4 aromatic rings. The van der Waals surface area contributed by atoms with E-state index in [1.54, 1.807) is 24.3 Å². The fourth-order valence-electron chi connectivity index (χ4n) is 3.49. The molecule has 0 bridgehead atoms. The Morgan fingerprint density at radius 2 is 1.15 bits per heavy atom. The van der Waals surface area contributed by atoms with Crippen molar-refractivity contribution in [2.24, 2.45) is 0 Å². The Kier molecular flexibility index (Phi) is 6.55. The molecule has 3 aromatic carbocycles. The van der Waals surface area contributed by atoms with E-state index in [-0.39, 0.29) is 0 Å². The number of esters is 2. The number of benzene rings is 3. The van der Waals surface area contributed by atoms with Gasteiger partial charge in [-0.25, -0.2) is 9.59 Å². The Balaban J connectivity index is 1.51. The second-order valence-electron chi connectivity index (χ2n) is 7.49. The van der Waals surface area contributed by atoms with Crippen LogP contribution in [0.1, 0.15) is 5.56 Å². The number of carbonyl (C=O) groups is 2. The lowest BCUT2D eigenvalue weighted by atomic mass is 9.98. The monoisotopic (exact) mass is 450 g/mol. The summed E-state index contributed by atoms with van der Waals surface area (Å²) in [6, 6.07) is 24.4. The minimum Gasteiger partial charge on any atom is -0.456 e. The van der Waals surface area contributed by atoms with Gasteiger partial charge >= 0.3 is 11.9 Å². The summed E-state index contributed by atoms with van der Waals surface area (Å²) >= 11 is 0. The zero-order valence-electron chi connectivity index (χ0n) is 18.6. The third-order valence-corrected chi connectivity index (χ3v) is 5.19. The molecule has 0 atom stereocenters. The third-order valence-electron chi connectivity index (χ3n) is 5.19. The molecule has 4 rings (SSSR count). The first-order valence-corrected chi connectivity index (χ1v) is 10.6. The highest BCUT2D eigenvalue weighted by atomic mass is 16.5. The summed E-state index contributed by atoms with van der Waals surface area (Å²) in [6.45, 7) is 8.83. The third kappa shape index (κ3) is 5.05. The van der Waals surface area contributed by atoms with E-state index < -0.39 is 11.9 Å². The molecule has 5 nitrogen and oxygen atoms in total. The van der Waals surface area contributed by atoms with Gasteiger partial charge in [-0.15, -0.1) is 0 Å². The second-order valence-corrected chi connectivity index (χ2v) is 7.49. The molecule has 0 saturated carbocycles. The predicted molar refractivity (Wildman–Crippen MR) is 131 cm³/mol. The van der Waals surface area contributed by atoms with Gasteiger partial charge in [-0.1, -0.05) is 37.4 Å². The van der Waals surface area contributed by atoms with E-state index >= 15 is 0 Å². The first kappa shape index (κ1) is 22.6. The molecule has 1 heterocycles. The summed E-state index contributed by atoms with van der Waals surface area (Å²) < 4.78 is 16.3. The fourth-order valence-corrected chi connectivity index (χ4v) is 3.49. The first-order chi connectivity index (χ1) is 16.5. The Morgan fingerprint density at radius 3 is 1.65 bits per heavy atom. The Morgan fingerprint density at radius 1 is 0.676 bits per heavy atom. The van der Waals surface area contributed by atoms with Gasteiger partial charge in [0.1, 0.15) is 23.0 Å². The van der Waals surface area contributed by atoms with Gasteiger partial charge in [-0.3, -0.25) is 0 Å². The van der Waals surface area contributed by atoms with Crippen LogP contribution < -0.4 is 9.47 Å². The molecule has 5 heteroatoms. The summed E-state index contributed by atoms with van der Waals surface area (Å²) in [6.07, 6.45) is 2.25. The molecule has 0 aliphatic carbocycles. The Hall–Kier alpha value is -4.64. The zero-order chi connectivity index (χ0) is 24.1. The van der Waals surface area contributed by atoms with E-state index in [9.17, 15) is 9.59 Å². The number of ether oxygens (including phenoxy) is 2. The lowest BCUT2D eigenvalue weighted by Gasteiger charge is -2.09. The molecule has 34 heavy (non-hydrogen) atoms. The average Bonchev–Trinajstić information content (AvgIpc) is 3.35. The van der Waals surface area contributed by atoms with E-state index in [0.29, 0.717) is 17.3 Å². The van der Waals surface area contributed by atoms with Crippen LogP contribution in [0.5, 0.6) is 11.5 Å². The zero-order valence-corrected chi connectivity index (χ0v) is 18.6. The number of aryl methyl sites for hydroxylation is 1. The Bertz CT molecular complexity index is 1360. The van der Waals surface area contributed by atoms with Crippen LogP contribution in [-0.2, 0) is 9.59 Å². The lowest BCUT2D eigenvalue weighted by molar-refractivity contribution is -0.129. The van der Waals surface area contributed by atoms with Crippen LogP contribution in [-0.4, -0.2) is 11.9 Å². The number of hydrogen-bond acceptors (Lipinski definition) is 5. The van der Waals surface area contributed by atoms with Crippen LogP contribution in [0.3, 0.4) is 0 Å².